The average Bonchev–Trinajstić information content (AvgIpc) is 3.46. The highest BCUT2D eigenvalue weighted by molar-refractivity contribution is 7.15. The van der Waals surface area contributed by atoms with Crippen LogP contribution in [0.1, 0.15) is 16.8 Å². The second-order valence-corrected chi connectivity index (χ2v) is 8.62. The Balaban J connectivity index is 1.37. The van der Waals surface area contributed by atoms with E-state index in [-0.39, 0.29) is 0 Å². The second kappa shape index (κ2) is 6.83. The molecule has 5 aromatic rings. The molecule has 3 nitrogen and oxygen atoms in total. The summed E-state index contributed by atoms with van der Waals surface area (Å²) in [6.45, 7) is 0.815. The molecule has 0 spiro atoms. The van der Waals surface area contributed by atoms with Crippen molar-refractivity contribution in [2.75, 3.05) is 0 Å². The van der Waals surface area contributed by atoms with Crippen molar-refractivity contribution in [1.29, 1.82) is 0 Å². The molecule has 29 heavy (non-hydrogen) atoms. The van der Waals surface area contributed by atoms with E-state index in [2.05, 4.69) is 88.0 Å². The predicted octanol–water partition coefficient (Wildman–Crippen LogP) is 5.47. The normalized spacial score (nSPS) is 14.1. The van der Waals surface area contributed by atoms with Gasteiger partial charge >= 0.3 is 0 Å². The highest BCUT2D eigenvalue weighted by atomic mass is 32.1. The van der Waals surface area contributed by atoms with Crippen LogP contribution >= 0.6 is 11.3 Å². The molecule has 6 rings (SSSR count). The molecule has 1 aliphatic carbocycles. The number of imidazole rings is 1. The van der Waals surface area contributed by atoms with Gasteiger partial charge in [0.15, 0.2) is 4.96 Å². The van der Waals surface area contributed by atoms with E-state index in [1.165, 1.54) is 33.2 Å². The molecule has 0 radical (unpaired) electrons. The van der Waals surface area contributed by atoms with Crippen LogP contribution in [0, 0.1) is 0 Å². The Hall–Kier alpha value is -2.95. The Morgan fingerprint density at radius 3 is 2.55 bits per heavy atom. The van der Waals surface area contributed by atoms with Gasteiger partial charge in [-0.25, -0.2) is 4.98 Å². The van der Waals surface area contributed by atoms with Crippen molar-refractivity contribution in [3.63, 3.8) is 0 Å². The number of fused-ring (bicyclic) bond motifs is 3. The Morgan fingerprint density at radius 1 is 0.931 bits per heavy atom. The van der Waals surface area contributed by atoms with Crippen LogP contribution in [0.25, 0.3) is 27.0 Å². The predicted molar refractivity (Wildman–Crippen MR) is 120 cm³/mol. The van der Waals surface area contributed by atoms with Gasteiger partial charge in [-0.2, -0.15) is 0 Å². The van der Waals surface area contributed by atoms with Gasteiger partial charge < -0.3 is 5.32 Å². The summed E-state index contributed by atoms with van der Waals surface area (Å²) in [4.78, 5) is 6.07. The van der Waals surface area contributed by atoms with Crippen molar-refractivity contribution in [1.82, 2.24) is 14.7 Å². The average molecular weight is 396 g/mol. The van der Waals surface area contributed by atoms with Crippen molar-refractivity contribution >= 4 is 27.1 Å². The lowest BCUT2D eigenvalue weighted by atomic mass is 10.0. The zero-order chi connectivity index (χ0) is 19.2. The first-order valence-electron chi connectivity index (χ1n) is 10.1. The molecule has 3 aromatic carbocycles. The first-order chi connectivity index (χ1) is 14.4. The number of nitrogens with zero attached hydrogens (tertiary/aromatic N) is 2. The molecule has 1 aliphatic rings. The van der Waals surface area contributed by atoms with Gasteiger partial charge in [-0.3, -0.25) is 4.40 Å². The van der Waals surface area contributed by atoms with E-state index >= 15 is 0 Å². The number of benzene rings is 3. The molecule has 0 saturated carbocycles. The molecule has 1 N–H and O–H groups in total. The standard InChI is InChI=1S/C25H21N3S/c1-2-8-19-15-20(14-18(19)7-1)26-16-23-24(27-25-28(23)12-13-29-25)22-11-5-9-17-6-3-4-10-21(17)22/h1-13,20,26H,14-16H2. The van der Waals surface area contributed by atoms with Crippen LogP contribution in [0.5, 0.6) is 0 Å². The van der Waals surface area contributed by atoms with Crippen LogP contribution in [0.3, 0.4) is 0 Å². The number of thiazole rings is 1. The molecular weight excluding hydrogens is 374 g/mol. The molecule has 0 unspecified atom stereocenters. The van der Waals surface area contributed by atoms with E-state index < -0.39 is 0 Å². The largest absolute Gasteiger partial charge is 0.308 e. The molecule has 0 fully saturated rings. The molecule has 0 amide bonds. The van der Waals surface area contributed by atoms with Crippen LogP contribution in [0.4, 0.5) is 0 Å². The van der Waals surface area contributed by atoms with E-state index in [4.69, 9.17) is 4.98 Å². The molecule has 0 atom stereocenters. The summed E-state index contributed by atoms with van der Waals surface area (Å²) in [6.07, 6.45) is 4.35. The molecule has 0 aliphatic heterocycles. The zero-order valence-corrected chi connectivity index (χ0v) is 16.8. The Bertz CT molecular complexity index is 1300. The van der Waals surface area contributed by atoms with Crippen LogP contribution in [0.2, 0.25) is 0 Å². The third-order valence-electron chi connectivity index (χ3n) is 6.02. The third kappa shape index (κ3) is 2.87. The lowest BCUT2D eigenvalue weighted by Gasteiger charge is -2.13. The Morgan fingerprint density at radius 2 is 1.69 bits per heavy atom. The van der Waals surface area contributed by atoms with E-state index in [0.29, 0.717) is 6.04 Å². The lowest BCUT2D eigenvalue weighted by molar-refractivity contribution is 0.527. The van der Waals surface area contributed by atoms with Gasteiger partial charge in [-0.15, -0.1) is 11.3 Å². The SMILES string of the molecule is c1ccc2c(c1)CC(NCc1c(-c3cccc4ccccc34)nc3sccn13)C2. The van der Waals surface area contributed by atoms with E-state index in [0.717, 1.165) is 30.0 Å². The van der Waals surface area contributed by atoms with Crippen molar-refractivity contribution < 1.29 is 0 Å². The fourth-order valence-electron chi connectivity index (χ4n) is 4.59. The number of hydrogen-bond acceptors (Lipinski definition) is 3. The van der Waals surface area contributed by atoms with Gasteiger partial charge in [0.05, 0.1) is 11.4 Å². The minimum absolute atomic E-state index is 0.483. The van der Waals surface area contributed by atoms with Crippen molar-refractivity contribution in [3.05, 3.63) is 95.1 Å². The Labute approximate surface area is 173 Å². The van der Waals surface area contributed by atoms with Crippen LogP contribution < -0.4 is 5.32 Å². The topological polar surface area (TPSA) is 29.3 Å². The van der Waals surface area contributed by atoms with Crippen LogP contribution in [0.15, 0.2) is 78.3 Å². The molecule has 142 valence electrons. The maximum Gasteiger partial charge on any atom is 0.194 e. The number of rotatable bonds is 4. The summed E-state index contributed by atoms with van der Waals surface area (Å²) < 4.78 is 2.25. The number of hydrogen-bond donors (Lipinski definition) is 1. The summed E-state index contributed by atoms with van der Waals surface area (Å²) in [6, 6.07) is 24.4. The van der Waals surface area contributed by atoms with Gasteiger partial charge in [0.2, 0.25) is 0 Å². The van der Waals surface area contributed by atoms with Crippen molar-refractivity contribution in [3.8, 4) is 11.3 Å². The summed E-state index contributed by atoms with van der Waals surface area (Å²) in [7, 11) is 0. The summed E-state index contributed by atoms with van der Waals surface area (Å²) in [5.41, 5.74) is 6.51. The maximum atomic E-state index is 5.02. The highest BCUT2D eigenvalue weighted by Crippen LogP contribution is 2.32. The van der Waals surface area contributed by atoms with Crippen LogP contribution in [-0.4, -0.2) is 15.4 Å². The number of aromatic nitrogens is 2. The minimum Gasteiger partial charge on any atom is -0.308 e. The van der Waals surface area contributed by atoms with Gasteiger partial charge in [0.25, 0.3) is 0 Å². The van der Waals surface area contributed by atoms with E-state index in [1.807, 2.05) is 0 Å². The molecule has 0 bridgehead atoms. The first-order valence-corrected chi connectivity index (χ1v) is 11.0. The molecule has 2 heterocycles. The van der Waals surface area contributed by atoms with Crippen molar-refractivity contribution in [2.45, 2.75) is 25.4 Å². The van der Waals surface area contributed by atoms with Gasteiger partial charge in [0.1, 0.15) is 0 Å². The summed E-state index contributed by atoms with van der Waals surface area (Å²) >= 11 is 1.69. The molecule has 2 aromatic heterocycles. The lowest BCUT2D eigenvalue weighted by Crippen LogP contribution is -2.29. The van der Waals surface area contributed by atoms with Crippen molar-refractivity contribution in [2.24, 2.45) is 0 Å². The third-order valence-corrected chi connectivity index (χ3v) is 6.77. The second-order valence-electron chi connectivity index (χ2n) is 7.74. The maximum absolute atomic E-state index is 5.02. The van der Waals surface area contributed by atoms with Gasteiger partial charge in [0, 0.05) is 29.7 Å². The monoisotopic (exact) mass is 395 g/mol. The van der Waals surface area contributed by atoms with Gasteiger partial charge in [-0.05, 0) is 34.7 Å². The fourth-order valence-corrected chi connectivity index (χ4v) is 5.33. The first kappa shape index (κ1) is 17.0. The summed E-state index contributed by atoms with van der Waals surface area (Å²) in [5, 5.41) is 8.45. The van der Waals surface area contributed by atoms with E-state index in [9.17, 15) is 0 Å². The minimum atomic E-state index is 0.483. The molecule has 4 heteroatoms. The smallest absolute Gasteiger partial charge is 0.194 e. The summed E-state index contributed by atoms with van der Waals surface area (Å²) in [5.74, 6) is 0. The zero-order valence-electron chi connectivity index (χ0n) is 16.0. The fraction of sp³-hybridized carbons (Fsp3) is 0.160. The number of nitrogens with one attached hydrogen (secondary N) is 1. The van der Waals surface area contributed by atoms with E-state index in [1.54, 1.807) is 11.3 Å². The quantitative estimate of drug-likeness (QED) is 0.437. The Kier molecular flexibility index (Phi) is 3.99. The molecule has 0 saturated heterocycles. The van der Waals surface area contributed by atoms with Crippen LogP contribution in [-0.2, 0) is 19.4 Å². The molecular formula is C25H21N3S. The highest BCUT2D eigenvalue weighted by Gasteiger charge is 2.22. The van der Waals surface area contributed by atoms with Gasteiger partial charge in [-0.1, -0.05) is 66.7 Å².